The second-order valence-electron chi connectivity index (χ2n) is 3.45. The van der Waals surface area contributed by atoms with Gasteiger partial charge in [-0.05, 0) is 34.1 Å². The van der Waals surface area contributed by atoms with E-state index in [0.717, 1.165) is 0 Å². The molecule has 2 nitrogen and oxygen atoms in total. The van der Waals surface area contributed by atoms with Crippen molar-refractivity contribution in [2.75, 3.05) is 0 Å². The second kappa shape index (κ2) is 5.25. The van der Waals surface area contributed by atoms with Gasteiger partial charge in [-0.2, -0.15) is 0 Å². The molecule has 0 aliphatic carbocycles. The highest BCUT2D eigenvalue weighted by Gasteiger charge is 2.20. The average molecular weight is 361 g/mol. The summed E-state index contributed by atoms with van der Waals surface area (Å²) >= 11 is 6.34. The van der Waals surface area contributed by atoms with Crippen LogP contribution in [0, 0.1) is 5.82 Å². The van der Waals surface area contributed by atoms with Crippen molar-refractivity contribution in [1.82, 2.24) is 4.98 Å². The molecular weight excluding hydrogens is 353 g/mol. The zero-order valence-corrected chi connectivity index (χ0v) is 11.7. The van der Waals surface area contributed by atoms with Gasteiger partial charge in [-0.1, -0.05) is 22.0 Å². The van der Waals surface area contributed by atoms with E-state index in [9.17, 15) is 9.50 Å². The van der Waals surface area contributed by atoms with Gasteiger partial charge >= 0.3 is 0 Å². The number of halogens is 3. The van der Waals surface area contributed by atoms with Crippen molar-refractivity contribution in [1.29, 1.82) is 0 Å². The van der Waals surface area contributed by atoms with E-state index in [1.807, 2.05) is 0 Å². The largest absolute Gasteiger partial charge is 0.383 e. The predicted molar refractivity (Wildman–Crippen MR) is 70.1 cm³/mol. The summed E-state index contributed by atoms with van der Waals surface area (Å²) in [6.45, 7) is 0. The molecule has 1 heterocycles. The summed E-state index contributed by atoms with van der Waals surface area (Å²) in [5.74, 6) is -0.476. The van der Waals surface area contributed by atoms with E-state index in [1.165, 1.54) is 6.20 Å². The third kappa shape index (κ3) is 2.56. The van der Waals surface area contributed by atoms with Crippen molar-refractivity contribution in [2.24, 2.45) is 0 Å². The van der Waals surface area contributed by atoms with Crippen molar-refractivity contribution < 1.29 is 9.50 Å². The Balaban J connectivity index is 2.51. The number of aromatic nitrogens is 1. The highest BCUT2D eigenvalue weighted by Crippen LogP contribution is 2.33. The van der Waals surface area contributed by atoms with Gasteiger partial charge in [0, 0.05) is 28.0 Å². The molecule has 0 bridgehead atoms. The van der Waals surface area contributed by atoms with Gasteiger partial charge in [0.05, 0.1) is 4.47 Å². The Morgan fingerprint density at radius 3 is 2.53 bits per heavy atom. The van der Waals surface area contributed by atoms with Gasteiger partial charge in [0.25, 0.3) is 0 Å². The van der Waals surface area contributed by atoms with Crippen LogP contribution in [0.25, 0.3) is 0 Å². The normalized spacial score (nSPS) is 12.5. The average Bonchev–Trinajstić information content (AvgIpc) is 2.35. The van der Waals surface area contributed by atoms with E-state index in [2.05, 4.69) is 36.8 Å². The maximum absolute atomic E-state index is 13.9. The maximum atomic E-state index is 13.9. The van der Waals surface area contributed by atoms with Crippen molar-refractivity contribution in [2.45, 2.75) is 6.10 Å². The molecular formula is C12H8Br2FNO. The Kier molecular flexibility index (Phi) is 3.91. The summed E-state index contributed by atoms with van der Waals surface area (Å²) in [5, 5.41) is 10.1. The molecule has 1 unspecified atom stereocenters. The van der Waals surface area contributed by atoms with E-state index < -0.39 is 11.9 Å². The van der Waals surface area contributed by atoms with Crippen LogP contribution in [0.2, 0.25) is 0 Å². The molecule has 1 N–H and O–H groups in total. The molecule has 0 aliphatic heterocycles. The fourth-order valence-corrected chi connectivity index (χ4v) is 2.37. The van der Waals surface area contributed by atoms with Crippen LogP contribution in [0.3, 0.4) is 0 Å². The summed E-state index contributed by atoms with van der Waals surface area (Å²) in [6, 6.07) is 6.66. The number of hydrogen-bond donors (Lipinski definition) is 1. The van der Waals surface area contributed by atoms with Gasteiger partial charge in [0.15, 0.2) is 0 Å². The molecule has 1 atom stereocenters. The van der Waals surface area contributed by atoms with E-state index >= 15 is 0 Å². The van der Waals surface area contributed by atoms with Gasteiger partial charge in [-0.3, -0.25) is 4.98 Å². The lowest BCUT2D eigenvalue weighted by Crippen LogP contribution is -2.04. The summed E-state index contributed by atoms with van der Waals surface area (Å²) in [6.07, 6.45) is 2.07. The molecule has 0 fully saturated rings. The van der Waals surface area contributed by atoms with E-state index in [0.29, 0.717) is 14.5 Å². The van der Waals surface area contributed by atoms with Crippen molar-refractivity contribution in [3.8, 4) is 0 Å². The number of aliphatic hydroxyl groups is 1. The van der Waals surface area contributed by atoms with Crippen LogP contribution >= 0.6 is 31.9 Å². The Morgan fingerprint density at radius 1 is 1.18 bits per heavy atom. The summed E-state index contributed by atoms with van der Waals surface area (Å²) < 4.78 is 14.8. The minimum Gasteiger partial charge on any atom is -0.383 e. The van der Waals surface area contributed by atoms with Crippen LogP contribution < -0.4 is 0 Å². The molecule has 5 heteroatoms. The molecule has 0 spiro atoms. The highest BCUT2D eigenvalue weighted by atomic mass is 79.9. The first kappa shape index (κ1) is 12.7. The Morgan fingerprint density at radius 2 is 1.88 bits per heavy atom. The molecule has 2 rings (SSSR count). The van der Waals surface area contributed by atoms with E-state index in [1.54, 1.807) is 30.5 Å². The molecule has 0 saturated carbocycles. The SMILES string of the molecule is OC(c1cccnc1)c1c(Br)ccc(Br)c1F. The number of benzene rings is 1. The standard InChI is InChI=1S/C12H8Br2FNO/c13-8-3-4-9(14)11(15)10(8)12(17)7-2-1-5-16-6-7/h1-6,12,17H. The lowest BCUT2D eigenvalue weighted by atomic mass is 10.0. The molecule has 0 amide bonds. The molecule has 2 aromatic rings. The number of pyridine rings is 1. The number of nitrogens with zero attached hydrogens (tertiary/aromatic N) is 1. The monoisotopic (exact) mass is 359 g/mol. The van der Waals surface area contributed by atoms with Crippen LogP contribution in [0.5, 0.6) is 0 Å². The summed E-state index contributed by atoms with van der Waals surface area (Å²) in [7, 11) is 0. The fourth-order valence-electron chi connectivity index (χ4n) is 1.50. The predicted octanol–water partition coefficient (Wildman–Crippen LogP) is 3.83. The van der Waals surface area contributed by atoms with E-state index in [4.69, 9.17) is 0 Å². The smallest absolute Gasteiger partial charge is 0.144 e. The number of hydrogen-bond acceptors (Lipinski definition) is 2. The highest BCUT2D eigenvalue weighted by molar-refractivity contribution is 9.11. The van der Waals surface area contributed by atoms with Crippen LogP contribution in [0.1, 0.15) is 17.2 Å². The third-order valence-electron chi connectivity index (χ3n) is 2.35. The van der Waals surface area contributed by atoms with Crippen LogP contribution in [0.15, 0.2) is 45.6 Å². The summed E-state index contributed by atoms with van der Waals surface area (Å²) in [4.78, 5) is 3.90. The van der Waals surface area contributed by atoms with Gasteiger partial charge in [-0.25, -0.2) is 4.39 Å². The molecule has 1 aromatic carbocycles. The van der Waals surface area contributed by atoms with Gasteiger partial charge in [-0.15, -0.1) is 0 Å². The molecule has 17 heavy (non-hydrogen) atoms. The number of rotatable bonds is 2. The van der Waals surface area contributed by atoms with E-state index in [-0.39, 0.29) is 5.56 Å². The molecule has 0 radical (unpaired) electrons. The third-order valence-corrected chi connectivity index (χ3v) is 3.66. The van der Waals surface area contributed by atoms with Crippen LogP contribution in [-0.4, -0.2) is 10.1 Å². The van der Waals surface area contributed by atoms with Crippen LogP contribution in [0.4, 0.5) is 4.39 Å². The van der Waals surface area contributed by atoms with Gasteiger partial charge in [0.1, 0.15) is 11.9 Å². The lowest BCUT2D eigenvalue weighted by Gasteiger charge is -2.14. The summed E-state index contributed by atoms with van der Waals surface area (Å²) in [5.41, 5.74) is 0.748. The Hall–Kier alpha value is -0.780. The first-order valence-corrected chi connectivity index (χ1v) is 6.41. The van der Waals surface area contributed by atoms with Crippen molar-refractivity contribution >= 4 is 31.9 Å². The minimum absolute atomic E-state index is 0.201. The molecule has 88 valence electrons. The topological polar surface area (TPSA) is 33.1 Å². The van der Waals surface area contributed by atoms with Crippen molar-refractivity contribution in [3.63, 3.8) is 0 Å². The first-order valence-electron chi connectivity index (χ1n) is 4.82. The zero-order valence-electron chi connectivity index (χ0n) is 8.57. The molecule has 0 saturated heterocycles. The first-order chi connectivity index (χ1) is 8.11. The van der Waals surface area contributed by atoms with Crippen molar-refractivity contribution in [3.05, 3.63) is 62.5 Å². The maximum Gasteiger partial charge on any atom is 0.144 e. The Labute approximate surface area is 115 Å². The lowest BCUT2D eigenvalue weighted by molar-refractivity contribution is 0.213. The molecule has 1 aromatic heterocycles. The molecule has 0 aliphatic rings. The van der Waals surface area contributed by atoms with Crippen LogP contribution in [-0.2, 0) is 0 Å². The van der Waals surface area contributed by atoms with Gasteiger partial charge in [0.2, 0.25) is 0 Å². The fraction of sp³-hybridized carbons (Fsp3) is 0.0833. The minimum atomic E-state index is -1.05. The van der Waals surface area contributed by atoms with Gasteiger partial charge < -0.3 is 5.11 Å². The Bertz CT molecular complexity index is 534. The number of aliphatic hydroxyl groups excluding tert-OH is 1. The zero-order chi connectivity index (χ0) is 12.4. The second-order valence-corrected chi connectivity index (χ2v) is 5.15. The quantitative estimate of drug-likeness (QED) is 0.825.